The zero-order valence-electron chi connectivity index (χ0n) is 13.8. The van der Waals surface area contributed by atoms with Gasteiger partial charge in [0.2, 0.25) is 0 Å². The van der Waals surface area contributed by atoms with Crippen LogP contribution >= 0.6 is 0 Å². The molecule has 0 aromatic carbocycles. The fraction of sp³-hybridized carbons (Fsp3) is 0.562. The average molecular weight is 322 g/mol. The van der Waals surface area contributed by atoms with Gasteiger partial charge >= 0.3 is 5.97 Å². The van der Waals surface area contributed by atoms with Crippen LogP contribution in [0, 0.1) is 5.41 Å². The van der Waals surface area contributed by atoms with E-state index in [1.54, 1.807) is 19.9 Å². The highest BCUT2D eigenvalue weighted by atomic mass is 16.5. The van der Waals surface area contributed by atoms with Crippen LogP contribution in [0.5, 0.6) is 0 Å². The first-order valence-electron chi connectivity index (χ1n) is 7.50. The Kier molecular flexibility index (Phi) is 4.34. The number of aliphatic carboxylic acids is 1. The van der Waals surface area contributed by atoms with Crippen molar-refractivity contribution in [1.82, 2.24) is 9.88 Å². The highest BCUT2D eigenvalue weighted by Gasteiger charge is 2.66. The number of hydrogen-bond donors (Lipinski definition) is 2. The lowest BCUT2D eigenvalue weighted by atomic mass is 9.54. The van der Waals surface area contributed by atoms with Gasteiger partial charge in [0.25, 0.3) is 11.5 Å². The number of amides is 1. The maximum Gasteiger partial charge on any atom is 0.330 e. The van der Waals surface area contributed by atoms with Crippen molar-refractivity contribution in [2.75, 3.05) is 6.61 Å². The van der Waals surface area contributed by atoms with Crippen molar-refractivity contribution in [3.8, 4) is 0 Å². The van der Waals surface area contributed by atoms with Crippen molar-refractivity contribution in [1.29, 1.82) is 0 Å². The Morgan fingerprint density at radius 1 is 1.48 bits per heavy atom. The molecular weight excluding hydrogens is 300 g/mol. The maximum absolute atomic E-state index is 12.5. The van der Waals surface area contributed by atoms with Crippen LogP contribution in [0.1, 0.15) is 37.6 Å². The Morgan fingerprint density at radius 2 is 2.13 bits per heavy atom. The molecule has 1 aliphatic rings. The number of rotatable bonds is 5. The number of carboxylic acids is 1. The molecule has 0 spiro atoms. The maximum atomic E-state index is 12.5. The Hall–Kier alpha value is -2.15. The lowest BCUT2D eigenvalue weighted by Gasteiger charge is -2.58. The first-order valence-corrected chi connectivity index (χ1v) is 7.50. The summed E-state index contributed by atoms with van der Waals surface area (Å²) in [5, 5.41) is 12.2. The molecule has 2 rings (SSSR count). The molecule has 1 saturated carbocycles. The topological polar surface area (TPSA) is 97.6 Å². The van der Waals surface area contributed by atoms with Crippen LogP contribution in [-0.4, -0.2) is 39.8 Å². The van der Waals surface area contributed by atoms with Crippen LogP contribution in [0.3, 0.4) is 0 Å². The van der Waals surface area contributed by atoms with Crippen molar-refractivity contribution in [3.63, 3.8) is 0 Å². The predicted molar refractivity (Wildman–Crippen MR) is 83.3 cm³/mol. The third kappa shape index (κ3) is 2.55. The van der Waals surface area contributed by atoms with Crippen LogP contribution in [0.25, 0.3) is 0 Å². The number of hydrogen-bond acceptors (Lipinski definition) is 4. The molecule has 0 aliphatic heterocycles. The summed E-state index contributed by atoms with van der Waals surface area (Å²) in [5.41, 5.74) is -2.79. The van der Waals surface area contributed by atoms with E-state index in [-0.39, 0.29) is 18.1 Å². The van der Waals surface area contributed by atoms with E-state index in [1.807, 2.05) is 6.92 Å². The van der Waals surface area contributed by atoms with Crippen molar-refractivity contribution < 1.29 is 19.4 Å². The molecule has 1 fully saturated rings. The van der Waals surface area contributed by atoms with E-state index in [1.165, 1.54) is 23.9 Å². The summed E-state index contributed by atoms with van der Waals surface area (Å²) >= 11 is 0. The fourth-order valence-electron chi connectivity index (χ4n) is 3.07. The highest BCUT2D eigenvalue weighted by molar-refractivity contribution is 5.98. The van der Waals surface area contributed by atoms with Gasteiger partial charge in [-0.05, 0) is 19.1 Å². The van der Waals surface area contributed by atoms with Crippen molar-refractivity contribution in [2.45, 2.75) is 38.8 Å². The molecule has 0 saturated heterocycles. The minimum Gasteiger partial charge on any atom is -0.479 e. The molecule has 7 heteroatoms. The number of aryl methyl sites for hydroxylation is 1. The molecule has 1 aromatic rings. The van der Waals surface area contributed by atoms with Gasteiger partial charge in [-0.3, -0.25) is 9.59 Å². The second kappa shape index (κ2) is 5.81. The molecule has 0 radical (unpaired) electrons. The fourth-order valence-corrected chi connectivity index (χ4v) is 3.07. The lowest BCUT2D eigenvalue weighted by molar-refractivity contribution is -0.190. The Bertz CT molecular complexity index is 694. The monoisotopic (exact) mass is 322 g/mol. The Labute approximate surface area is 134 Å². The first-order chi connectivity index (χ1) is 10.7. The van der Waals surface area contributed by atoms with Crippen molar-refractivity contribution in [3.05, 3.63) is 34.2 Å². The van der Waals surface area contributed by atoms with E-state index in [0.717, 1.165) is 0 Å². The summed E-state index contributed by atoms with van der Waals surface area (Å²) in [5.74, 6) is -1.81. The van der Waals surface area contributed by atoms with E-state index in [4.69, 9.17) is 4.74 Å². The van der Waals surface area contributed by atoms with Crippen molar-refractivity contribution >= 4 is 11.9 Å². The third-order valence-electron chi connectivity index (χ3n) is 4.82. The molecule has 1 amide bonds. The van der Waals surface area contributed by atoms with E-state index in [9.17, 15) is 19.5 Å². The van der Waals surface area contributed by atoms with Gasteiger partial charge in [-0.1, -0.05) is 13.8 Å². The van der Waals surface area contributed by atoms with Gasteiger partial charge in [0, 0.05) is 31.7 Å². The van der Waals surface area contributed by atoms with Gasteiger partial charge in [0.15, 0.2) is 0 Å². The summed E-state index contributed by atoms with van der Waals surface area (Å²) in [6.45, 7) is 5.79. The second-order valence-electron chi connectivity index (χ2n) is 6.37. The molecular formula is C16H22N2O5. The van der Waals surface area contributed by atoms with E-state index < -0.39 is 28.4 Å². The summed E-state index contributed by atoms with van der Waals surface area (Å²) in [6, 6.07) is 2.96. The zero-order valence-corrected chi connectivity index (χ0v) is 13.8. The van der Waals surface area contributed by atoms with Gasteiger partial charge in [-0.2, -0.15) is 0 Å². The molecule has 2 N–H and O–H groups in total. The lowest BCUT2D eigenvalue weighted by Crippen LogP contribution is -2.76. The molecule has 0 bridgehead atoms. The molecule has 126 valence electrons. The quantitative estimate of drug-likeness (QED) is 0.834. The SMILES string of the molecule is CCOC1CC(NC(=O)c2cccn(C)c2=O)(C(=O)O)C1(C)C. The largest absolute Gasteiger partial charge is 0.479 e. The number of carbonyl (C=O) groups excluding carboxylic acids is 1. The number of carbonyl (C=O) groups is 2. The summed E-state index contributed by atoms with van der Waals surface area (Å²) < 4.78 is 6.82. The Morgan fingerprint density at radius 3 is 2.65 bits per heavy atom. The van der Waals surface area contributed by atoms with Gasteiger partial charge in [-0.15, -0.1) is 0 Å². The number of aromatic nitrogens is 1. The summed E-state index contributed by atoms with van der Waals surface area (Å²) in [6.07, 6.45) is 1.44. The average Bonchev–Trinajstić information content (AvgIpc) is 2.48. The summed E-state index contributed by atoms with van der Waals surface area (Å²) in [7, 11) is 1.53. The van der Waals surface area contributed by atoms with Gasteiger partial charge in [0.05, 0.1) is 6.10 Å². The number of nitrogens with one attached hydrogen (secondary N) is 1. The van der Waals surface area contributed by atoms with Crippen LogP contribution in [0.4, 0.5) is 0 Å². The molecule has 7 nitrogen and oxygen atoms in total. The minimum absolute atomic E-state index is 0.0775. The van der Waals surface area contributed by atoms with E-state index in [2.05, 4.69) is 5.32 Å². The zero-order chi connectivity index (χ0) is 17.4. The first kappa shape index (κ1) is 17.2. The van der Waals surface area contributed by atoms with Gasteiger partial charge < -0.3 is 19.7 Å². The van der Waals surface area contributed by atoms with Crippen LogP contribution in [-0.2, 0) is 16.6 Å². The molecule has 1 aliphatic carbocycles. The normalized spacial score (nSPS) is 25.5. The number of nitrogens with zero attached hydrogens (tertiary/aromatic N) is 1. The Balaban J connectivity index is 2.32. The van der Waals surface area contributed by atoms with Gasteiger partial charge in [0.1, 0.15) is 11.1 Å². The molecule has 1 aromatic heterocycles. The van der Waals surface area contributed by atoms with E-state index >= 15 is 0 Å². The van der Waals surface area contributed by atoms with Crippen LogP contribution in [0.2, 0.25) is 0 Å². The standard InChI is InChI=1S/C16H22N2O5/c1-5-23-11-9-16(14(21)22,15(11,2)3)17-12(19)10-7-6-8-18(4)13(10)20/h6-8,11H,5,9H2,1-4H3,(H,17,19)(H,21,22). The smallest absolute Gasteiger partial charge is 0.330 e. The number of pyridine rings is 1. The minimum atomic E-state index is -1.45. The van der Waals surface area contributed by atoms with E-state index in [0.29, 0.717) is 6.61 Å². The number of carboxylic acid groups (broad SMARTS) is 1. The molecule has 2 unspecified atom stereocenters. The molecule has 23 heavy (non-hydrogen) atoms. The van der Waals surface area contributed by atoms with Gasteiger partial charge in [-0.25, -0.2) is 4.79 Å². The predicted octanol–water partition coefficient (Wildman–Crippen LogP) is 0.773. The number of ether oxygens (including phenoxy) is 1. The molecule has 2 atom stereocenters. The molecule has 1 heterocycles. The second-order valence-corrected chi connectivity index (χ2v) is 6.37. The summed E-state index contributed by atoms with van der Waals surface area (Å²) in [4.78, 5) is 36.3. The third-order valence-corrected chi connectivity index (χ3v) is 4.82. The van der Waals surface area contributed by atoms with Crippen LogP contribution in [0.15, 0.2) is 23.1 Å². The highest BCUT2D eigenvalue weighted by Crippen LogP contribution is 2.51. The van der Waals surface area contributed by atoms with Crippen molar-refractivity contribution in [2.24, 2.45) is 12.5 Å². The van der Waals surface area contributed by atoms with Crippen LogP contribution < -0.4 is 10.9 Å².